The highest BCUT2D eigenvalue weighted by atomic mass is 127. The summed E-state index contributed by atoms with van der Waals surface area (Å²) in [5, 5.41) is 0.722. The Bertz CT molecular complexity index is 381. The Morgan fingerprint density at radius 1 is 1.53 bits per heavy atom. The van der Waals surface area contributed by atoms with Crippen molar-refractivity contribution in [2.45, 2.75) is 24.6 Å². The van der Waals surface area contributed by atoms with Crippen LogP contribution < -0.4 is 0 Å². The first-order valence-corrected chi connectivity index (χ1v) is 6.90. The molecule has 1 nitrogen and oxygen atoms in total. The van der Waals surface area contributed by atoms with Gasteiger partial charge >= 0.3 is 0 Å². The molecule has 0 aliphatic rings. The van der Waals surface area contributed by atoms with E-state index < -0.39 is 0 Å². The summed E-state index contributed by atoms with van der Waals surface area (Å²) in [5.74, 6) is 0.212. The SMILES string of the molecule is CC(=O)C(Br)C(C)c1ccc(I)cc1Cl. The van der Waals surface area contributed by atoms with E-state index in [1.165, 1.54) is 0 Å². The summed E-state index contributed by atoms with van der Waals surface area (Å²) >= 11 is 11.7. The predicted molar refractivity (Wildman–Crippen MR) is 76.0 cm³/mol. The van der Waals surface area contributed by atoms with Gasteiger partial charge in [-0.25, -0.2) is 0 Å². The molecule has 0 bridgehead atoms. The Morgan fingerprint density at radius 3 is 2.60 bits per heavy atom. The maximum atomic E-state index is 11.2. The number of hydrogen-bond donors (Lipinski definition) is 0. The molecule has 82 valence electrons. The molecular formula is C11H11BrClIO. The van der Waals surface area contributed by atoms with Crippen molar-refractivity contribution in [3.8, 4) is 0 Å². The third kappa shape index (κ3) is 3.43. The number of alkyl halides is 1. The largest absolute Gasteiger partial charge is 0.299 e. The molecular weight excluding hydrogens is 390 g/mol. The first-order chi connectivity index (χ1) is 6.93. The van der Waals surface area contributed by atoms with Crippen LogP contribution in [0, 0.1) is 3.57 Å². The van der Waals surface area contributed by atoms with E-state index in [4.69, 9.17) is 11.6 Å². The zero-order chi connectivity index (χ0) is 11.6. The van der Waals surface area contributed by atoms with E-state index >= 15 is 0 Å². The molecule has 1 aromatic carbocycles. The molecule has 1 aromatic rings. The summed E-state index contributed by atoms with van der Waals surface area (Å²) in [6.07, 6.45) is 0. The summed E-state index contributed by atoms with van der Waals surface area (Å²) in [4.78, 5) is 11.1. The highest BCUT2D eigenvalue weighted by molar-refractivity contribution is 14.1. The van der Waals surface area contributed by atoms with Crippen LogP contribution in [0.1, 0.15) is 25.3 Å². The molecule has 15 heavy (non-hydrogen) atoms. The van der Waals surface area contributed by atoms with Crippen molar-refractivity contribution in [1.29, 1.82) is 0 Å². The van der Waals surface area contributed by atoms with Crippen molar-refractivity contribution in [2.24, 2.45) is 0 Å². The van der Waals surface area contributed by atoms with Gasteiger partial charge in [-0.2, -0.15) is 0 Å². The first kappa shape index (κ1) is 13.5. The van der Waals surface area contributed by atoms with E-state index in [9.17, 15) is 4.79 Å². The van der Waals surface area contributed by atoms with Gasteiger partial charge in [-0.1, -0.05) is 40.5 Å². The smallest absolute Gasteiger partial charge is 0.144 e. The fourth-order valence-electron chi connectivity index (χ4n) is 1.38. The lowest BCUT2D eigenvalue weighted by atomic mass is 9.96. The average Bonchev–Trinajstić information content (AvgIpc) is 2.15. The van der Waals surface area contributed by atoms with E-state index in [0.29, 0.717) is 0 Å². The van der Waals surface area contributed by atoms with Gasteiger partial charge in [-0.05, 0) is 47.2 Å². The molecule has 0 radical (unpaired) electrons. The Kier molecular flexibility index (Phi) is 5.06. The van der Waals surface area contributed by atoms with Gasteiger partial charge in [-0.15, -0.1) is 0 Å². The monoisotopic (exact) mass is 400 g/mol. The standard InChI is InChI=1S/C11H11BrClIO/c1-6(11(12)7(2)15)9-4-3-8(14)5-10(9)13/h3-6,11H,1-2H3. The van der Waals surface area contributed by atoms with Gasteiger partial charge in [0.05, 0.1) is 4.83 Å². The lowest BCUT2D eigenvalue weighted by Crippen LogP contribution is -2.17. The molecule has 0 saturated heterocycles. The van der Waals surface area contributed by atoms with Gasteiger partial charge in [0.1, 0.15) is 5.78 Å². The molecule has 0 heterocycles. The normalized spacial score (nSPS) is 14.7. The Morgan fingerprint density at radius 2 is 2.13 bits per heavy atom. The van der Waals surface area contributed by atoms with Gasteiger partial charge in [0, 0.05) is 14.5 Å². The lowest BCUT2D eigenvalue weighted by molar-refractivity contribution is -0.116. The highest BCUT2D eigenvalue weighted by Gasteiger charge is 2.21. The van der Waals surface area contributed by atoms with Gasteiger partial charge in [-0.3, -0.25) is 4.79 Å². The molecule has 0 spiro atoms. The van der Waals surface area contributed by atoms with E-state index in [1.54, 1.807) is 6.92 Å². The number of carbonyl (C=O) groups excluding carboxylic acids is 1. The first-order valence-electron chi connectivity index (χ1n) is 4.53. The number of ketones is 1. The minimum absolute atomic E-state index is 0.0898. The summed E-state index contributed by atoms with van der Waals surface area (Å²) in [7, 11) is 0. The molecule has 0 aliphatic carbocycles. The summed E-state index contributed by atoms with van der Waals surface area (Å²) < 4.78 is 1.10. The number of hydrogen-bond acceptors (Lipinski definition) is 1. The maximum absolute atomic E-state index is 11.2. The Labute approximate surface area is 117 Å². The second kappa shape index (κ2) is 5.64. The van der Waals surface area contributed by atoms with E-state index in [2.05, 4.69) is 38.5 Å². The molecule has 0 fully saturated rings. The number of carbonyl (C=O) groups is 1. The van der Waals surface area contributed by atoms with Crippen molar-refractivity contribution in [3.05, 3.63) is 32.4 Å². The third-order valence-electron chi connectivity index (χ3n) is 2.28. The molecule has 4 heteroatoms. The molecule has 0 aromatic heterocycles. The summed E-state index contributed by atoms with van der Waals surface area (Å²) in [5.41, 5.74) is 1.01. The summed E-state index contributed by atoms with van der Waals surface area (Å²) in [6.45, 7) is 3.57. The molecule has 0 aliphatic heterocycles. The fraction of sp³-hybridized carbons (Fsp3) is 0.364. The van der Waals surface area contributed by atoms with Crippen LogP contribution in [-0.2, 0) is 4.79 Å². The molecule has 2 unspecified atom stereocenters. The van der Waals surface area contributed by atoms with Crippen LogP contribution in [0.15, 0.2) is 18.2 Å². The minimum atomic E-state index is -0.171. The van der Waals surface area contributed by atoms with Crippen LogP contribution in [0.25, 0.3) is 0 Å². The number of halogens is 3. The van der Waals surface area contributed by atoms with Crippen LogP contribution in [0.5, 0.6) is 0 Å². The molecule has 0 amide bonds. The maximum Gasteiger partial charge on any atom is 0.144 e. The Balaban J connectivity index is 3.01. The Hall–Kier alpha value is 0.390. The third-order valence-corrected chi connectivity index (χ3v) is 4.72. The van der Waals surface area contributed by atoms with Crippen LogP contribution in [-0.4, -0.2) is 10.6 Å². The van der Waals surface area contributed by atoms with Crippen molar-refractivity contribution in [1.82, 2.24) is 0 Å². The molecule has 1 rings (SSSR count). The average molecular weight is 401 g/mol. The summed E-state index contributed by atoms with van der Waals surface area (Å²) in [6, 6.07) is 5.89. The van der Waals surface area contributed by atoms with E-state index in [0.717, 1.165) is 14.2 Å². The van der Waals surface area contributed by atoms with Crippen LogP contribution in [0.2, 0.25) is 5.02 Å². The van der Waals surface area contributed by atoms with Gasteiger partial charge in [0.2, 0.25) is 0 Å². The van der Waals surface area contributed by atoms with Gasteiger partial charge in [0.15, 0.2) is 0 Å². The second-order valence-electron chi connectivity index (χ2n) is 3.47. The lowest BCUT2D eigenvalue weighted by Gasteiger charge is -2.17. The van der Waals surface area contributed by atoms with Crippen LogP contribution in [0.3, 0.4) is 0 Å². The topological polar surface area (TPSA) is 17.1 Å². The second-order valence-corrected chi connectivity index (χ2v) is 6.11. The quantitative estimate of drug-likeness (QED) is 0.542. The minimum Gasteiger partial charge on any atom is -0.299 e. The zero-order valence-electron chi connectivity index (χ0n) is 8.43. The highest BCUT2D eigenvalue weighted by Crippen LogP contribution is 2.31. The van der Waals surface area contributed by atoms with E-state index in [-0.39, 0.29) is 16.5 Å². The van der Waals surface area contributed by atoms with Crippen LogP contribution >= 0.6 is 50.1 Å². The molecule has 2 atom stereocenters. The number of Topliss-reactive ketones (excluding diaryl/α,β-unsaturated/α-hetero) is 1. The van der Waals surface area contributed by atoms with Gasteiger partial charge in [0.25, 0.3) is 0 Å². The predicted octanol–water partition coefficient (Wildman–Crippen LogP) is 4.40. The van der Waals surface area contributed by atoms with Gasteiger partial charge < -0.3 is 0 Å². The fourth-order valence-corrected chi connectivity index (χ4v) is 2.69. The van der Waals surface area contributed by atoms with Crippen molar-refractivity contribution in [3.63, 3.8) is 0 Å². The van der Waals surface area contributed by atoms with E-state index in [1.807, 2.05) is 25.1 Å². The zero-order valence-corrected chi connectivity index (χ0v) is 12.9. The van der Waals surface area contributed by atoms with Crippen molar-refractivity contribution >= 4 is 55.9 Å². The molecule has 0 saturated carbocycles. The number of rotatable bonds is 3. The molecule has 0 N–H and O–H groups in total. The van der Waals surface area contributed by atoms with Crippen LogP contribution in [0.4, 0.5) is 0 Å². The van der Waals surface area contributed by atoms with Crippen molar-refractivity contribution < 1.29 is 4.79 Å². The van der Waals surface area contributed by atoms with Crippen molar-refractivity contribution in [2.75, 3.05) is 0 Å². The number of benzene rings is 1.